The SMILES string of the molecule is CCOC(=O)c1cccc(-c2ccco2)c1C. The molecule has 2 rings (SSSR count). The monoisotopic (exact) mass is 230 g/mol. The first-order valence-corrected chi connectivity index (χ1v) is 5.54. The Morgan fingerprint density at radius 1 is 1.29 bits per heavy atom. The Morgan fingerprint density at radius 2 is 2.12 bits per heavy atom. The van der Waals surface area contributed by atoms with Gasteiger partial charge in [-0.05, 0) is 37.6 Å². The molecule has 1 heterocycles. The Labute approximate surface area is 100 Å². The lowest BCUT2D eigenvalue weighted by Crippen LogP contribution is -2.07. The van der Waals surface area contributed by atoms with Crippen molar-refractivity contribution in [1.82, 2.24) is 0 Å². The van der Waals surface area contributed by atoms with E-state index >= 15 is 0 Å². The van der Waals surface area contributed by atoms with Crippen LogP contribution in [-0.4, -0.2) is 12.6 Å². The van der Waals surface area contributed by atoms with Crippen molar-refractivity contribution in [2.45, 2.75) is 13.8 Å². The van der Waals surface area contributed by atoms with E-state index in [4.69, 9.17) is 9.15 Å². The number of hydrogen-bond donors (Lipinski definition) is 0. The van der Waals surface area contributed by atoms with Crippen LogP contribution in [0.25, 0.3) is 11.3 Å². The highest BCUT2D eigenvalue weighted by molar-refractivity contribution is 5.93. The number of carbonyl (C=O) groups excluding carboxylic acids is 1. The van der Waals surface area contributed by atoms with E-state index in [-0.39, 0.29) is 5.97 Å². The first-order valence-electron chi connectivity index (χ1n) is 5.54. The Hall–Kier alpha value is -2.03. The average molecular weight is 230 g/mol. The molecule has 0 bridgehead atoms. The first kappa shape index (κ1) is 11.5. The zero-order valence-corrected chi connectivity index (χ0v) is 9.90. The Kier molecular flexibility index (Phi) is 3.28. The molecule has 0 aliphatic carbocycles. The highest BCUT2D eigenvalue weighted by Gasteiger charge is 2.14. The highest BCUT2D eigenvalue weighted by atomic mass is 16.5. The van der Waals surface area contributed by atoms with E-state index in [0.717, 1.165) is 16.9 Å². The van der Waals surface area contributed by atoms with E-state index in [2.05, 4.69) is 0 Å². The van der Waals surface area contributed by atoms with Gasteiger partial charge in [0.1, 0.15) is 5.76 Å². The molecule has 0 saturated heterocycles. The third-order valence-electron chi connectivity index (χ3n) is 2.62. The normalized spacial score (nSPS) is 10.2. The standard InChI is InChI=1S/C14H14O3/c1-3-16-14(15)12-7-4-6-11(10(12)2)13-8-5-9-17-13/h4-9H,3H2,1-2H3. The van der Waals surface area contributed by atoms with Gasteiger partial charge in [-0.1, -0.05) is 12.1 Å². The minimum absolute atomic E-state index is 0.293. The fourth-order valence-corrected chi connectivity index (χ4v) is 1.76. The smallest absolute Gasteiger partial charge is 0.338 e. The van der Waals surface area contributed by atoms with E-state index in [0.29, 0.717) is 12.2 Å². The molecule has 0 atom stereocenters. The molecule has 0 unspecified atom stereocenters. The number of benzene rings is 1. The third-order valence-corrected chi connectivity index (χ3v) is 2.62. The Morgan fingerprint density at radius 3 is 2.76 bits per heavy atom. The van der Waals surface area contributed by atoms with Crippen molar-refractivity contribution < 1.29 is 13.9 Å². The second-order valence-electron chi connectivity index (χ2n) is 3.68. The lowest BCUT2D eigenvalue weighted by molar-refractivity contribution is 0.0525. The minimum Gasteiger partial charge on any atom is -0.464 e. The maximum absolute atomic E-state index is 11.7. The van der Waals surface area contributed by atoms with Gasteiger partial charge in [0.15, 0.2) is 0 Å². The van der Waals surface area contributed by atoms with E-state index in [9.17, 15) is 4.79 Å². The molecule has 3 nitrogen and oxygen atoms in total. The Bertz CT molecular complexity index is 512. The summed E-state index contributed by atoms with van der Waals surface area (Å²) >= 11 is 0. The molecule has 0 radical (unpaired) electrons. The zero-order chi connectivity index (χ0) is 12.3. The van der Waals surface area contributed by atoms with Crippen LogP contribution >= 0.6 is 0 Å². The summed E-state index contributed by atoms with van der Waals surface area (Å²) in [6, 6.07) is 9.22. The van der Waals surface area contributed by atoms with Crippen LogP contribution in [0.3, 0.4) is 0 Å². The van der Waals surface area contributed by atoms with Crippen molar-refractivity contribution in [2.24, 2.45) is 0 Å². The molecule has 88 valence electrons. The van der Waals surface area contributed by atoms with Gasteiger partial charge in [-0.15, -0.1) is 0 Å². The summed E-state index contributed by atoms with van der Waals surface area (Å²) in [6.07, 6.45) is 1.62. The van der Waals surface area contributed by atoms with Crippen molar-refractivity contribution in [3.63, 3.8) is 0 Å². The van der Waals surface area contributed by atoms with Crippen molar-refractivity contribution in [3.05, 3.63) is 47.7 Å². The van der Waals surface area contributed by atoms with E-state index in [1.165, 1.54) is 0 Å². The van der Waals surface area contributed by atoms with Crippen molar-refractivity contribution in [2.75, 3.05) is 6.61 Å². The van der Waals surface area contributed by atoms with Gasteiger partial charge >= 0.3 is 5.97 Å². The molecule has 0 amide bonds. The molecule has 2 aromatic rings. The van der Waals surface area contributed by atoms with Gasteiger partial charge in [-0.2, -0.15) is 0 Å². The Balaban J connectivity index is 2.44. The van der Waals surface area contributed by atoms with E-state index in [1.54, 1.807) is 19.3 Å². The van der Waals surface area contributed by atoms with E-state index in [1.807, 2.05) is 31.2 Å². The molecule has 1 aromatic carbocycles. The number of furan rings is 1. The van der Waals surface area contributed by atoms with Crippen LogP contribution in [0.1, 0.15) is 22.8 Å². The summed E-state index contributed by atoms with van der Waals surface area (Å²) < 4.78 is 10.4. The molecule has 0 aliphatic rings. The number of esters is 1. The number of ether oxygens (including phenoxy) is 1. The summed E-state index contributed by atoms with van der Waals surface area (Å²) in [6.45, 7) is 4.07. The summed E-state index contributed by atoms with van der Waals surface area (Å²) in [5, 5.41) is 0. The van der Waals surface area contributed by atoms with E-state index < -0.39 is 0 Å². The first-order chi connectivity index (χ1) is 8.24. The van der Waals surface area contributed by atoms with Gasteiger partial charge in [-0.3, -0.25) is 0 Å². The van der Waals surface area contributed by atoms with Gasteiger partial charge in [-0.25, -0.2) is 4.79 Å². The predicted octanol–water partition coefficient (Wildman–Crippen LogP) is 3.43. The molecule has 3 heteroatoms. The number of hydrogen-bond acceptors (Lipinski definition) is 3. The van der Waals surface area contributed by atoms with Gasteiger partial charge < -0.3 is 9.15 Å². The van der Waals surface area contributed by atoms with Gasteiger partial charge in [0.25, 0.3) is 0 Å². The summed E-state index contributed by atoms with van der Waals surface area (Å²) in [5.74, 6) is 0.465. The quantitative estimate of drug-likeness (QED) is 0.758. The van der Waals surface area contributed by atoms with Crippen molar-refractivity contribution in [1.29, 1.82) is 0 Å². The fourth-order valence-electron chi connectivity index (χ4n) is 1.76. The zero-order valence-electron chi connectivity index (χ0n) is 9.90. The molecule has 17 heavy (non-hydrogen) atoms. The minimum atomic E-state index is -0.293. The van der Waals surface area contributed by atoms with Gasteiger partial charge in [0.05, 0.1) is 18.4 Å². The van der Waals surface area contributed by atoms with Gasteiger partial charge in [0.2, 0.25) is 0 Å². The van der Waals surface area contributed by atoms with Crippen LogP contribution in [0.2, 0.25) is 0 Å². The van der Waals surface area contributed by atoms with Crippen molar-refractivity contribution >= 4 is 5.97 Å². The molecular formula is C14H14O3. The average Bonchev–Trinajstić information content (AvgIpc) is 2.83. The molecule has 0 spiro atoms. The predicted molar refractivity (Wildman–Crippen MR) is 64.8 cm³/mol. The van der Waals surface area contributed by atoms with Crippen molar-refractivity contribution in [3.8, 4) is 11.3 Å². The number of carbonyl (C=O) groups is 1. The van der Waals surface area contributed by atoms with Crippen LogP contribution in [0, 0.1) is 6.92 Å². The fraction of sp³-hybridized carbons (Fsp3) is 0.214. The maximum Gasteiger partial charge on any atom is 0.338 e. The lowest BCUT2D eigenvalue weighted by atomic mass is 10.0. The molecule has 0 fully saturated rings. The molecule has 0 saturated carbocycles. The summed E-state index contributed by atoms with van der Waals surface area (Å²) in [7, 11) is 0. The highest BCUT2D eigenvalue weighted by Crippen LogP contribution is 2.26. The second kappa shape index (κ2) is 4.87. The van der Waals surface area contributed by atoms with Crippen LogP contribution in [0.15, 0.2) is 41.0 Å². The van der Waals surface area contributed by atoms with Crippen LogP contribution in [-0.2, 0) is 4.74 Å². The molecule has 0 N–H and O–H groups in total. The lowest BCUT2D eigenvalue weighted by Gasteiger charge is -2.08. The van der Waals surface area contributed by atoms with Crippen LogP contribution in [0.4, 0.5) is 0 Å². The molecular weight excluding hydrogens is 216 g/mol. The maximum atomic E-state index is 11.7. The topological polar surface area (TPSA) is 39.4 Å². The second-order valence-corrected chi connectivity index (χ2v) is 3.68. The number of rotatable bonds is 3. The third kappa shape index (κ3) is 2.23. The summed E-state index contributed by atoms with van der Waals surface area (Å²) in [5.41, 5.74) is 2.38. The molecule has 0 aliphatic heterocycles. The van der Waals surface area contributed by atoms with Gasteiger partial charge in [0, 0.05) is 5.56 Å². The van der Waals surface area contributed by atoms with Crippen LogP contribution < -0.4 is 0 Å². The largest absolute Gasteiger partial charge is 0.464 e. The van der Waals surface area contributed by atoms with Crippen LogP contribution in [0.5, 0.6) is 0 Å². The summed E-state index contributed by atoms with van der Waals surface area (Å²) in [4.78, 5) is 11.7. The molecule has 1 aromatic heterocycles.